The number of amides is 2. The lowest BCUT2D eigenvalue weighted by molar-refractivity contribution is 0.101. The number of rotatable bonds is 4. The van der Waals surface area contributed by atoms with Crippen molar-refractivity contribution < 1.29 is 14.0 Å². The number of carbonyl (C=O) groups is 2. The molecule has 1 heterocycles. The maximum absolute atomic E-state index is 13.8. The Labute approximate surface area is 160 Å². The van der Waals surface area contributed by atoms with Gasteiger partial charge in [-0.25, -0.2) is 4.39 Å². The zero-order valence-electron chi connectivity index (χ0n) is 14.3. The van der Waals surface area contributed by atoms with Gasteiger partial charge in [-0.2, -0.15) is 0 Å². The van der Waals surface area contributed by atoms with E-state index in [2.05, 4.69) is 15.6 Å². The normalized spacial score (nSPS) is 10.3. The average Bonchev–Trinajstić information content (AvgIpc) is 2.66. The summed E-state index contributed by atoms with van der Waals surface area (Å²) in [5, 5.41) is 5.57. The SMILES string of the molecule is Cc1ccc(NC(=O)c2cc(Cl)ccc2F)cc1C(=O)Nc1cccnc1. The lowest BCUT2D eigenvalue weighted by atomic mass is 10.1. The smallest absolute Gasteiger partial charge is 0.258 e. The molecule has 0 atom stereocenters. The summed E-state index contributed by atoms with van der Waals surface area (Å²) >= 11 is 5.82. The predicted octanol–water partition coefficient (Wildman–Crippen LogP) is 4.69. The van der Waals surface area contributed by atoms with Crippen LogP contribution in [0.3, 0.4) is 0 Å². The number of hydrogen-bond donors (Lipinski definition) is 2. The van der Waals surface area contributed by atoms with Crippen molar-refractivity contribution >= 4 is 34.8 Å². The summed E-state index contributed by atoms with van der Waals surface area (Å²) < 4.78 is 13.8. The number of nitrogens with one attached hydrogen (secondary N) is 2. The van der Waals surface area contributed by atoms with Gasteiger partial charge in [-0.15, -0.1) is 0 Å². The first-order valence-electron chi connectivity index (χ1n) is 8.02. The van der Waals surface area contributed by atoms with Crippen LogP contribution >= 0.6 is 11.6 Å². The number of benzene rings is 2. The van der Waals surface area contributed by atoms with Crippen LogP contribution in [0.1, 0.15) is 26.3 Å². The lowest BCUT2D eigenvalue weighted by Gasteiger charge is -2.11. The van der Waals surface area contributed by atoms with Crippen molar-refractivity contribution in [3.63, 3.8) is 0 Å². The molecule has 2 N–H and O–H groups in total. The Morgan fingerprint density at radius 3 is 2.44 bits per heavy atom. The summed E-state index contributed by atoms with van der Waals surface area (Å²) in [6, 6.07) is 12.0. The zero-order valence-corrected chi connectivity index (χ0v) is 15.0. The predicted molar refractivity (Wildman–Crippen MR) is 103 cm³/mol. The van der Waals surface area contributed by atoms with Gasteiger partial charge in [0.05, 0.1) is 17.4 Å². The third-order valence-corrected chi connectivity index (χ3v) is 4.07. The second-order valence-electron chi connectivity index (χ2n) is 5.80. The van der Waals surface area contributed by atoms with Crippen molar-refractivity contribution in [1.29, 1.82) is 0 Å². The topological polar surface area (TPSA) is 71.1 Å². The largest absolute Gasteiger partial charge is 0.322 e. The Balaban J connectivity index is 1.81. The van der Waals surface area contributed by atoms with Crippen molar-refractivity contribution in [2.45, 2.75) is 6.92 Å². The number of hydrogen-bond acceptors (Lipinski definition) is 3. The van der Waals surface area contributed by atoms with Gasteiger partial charge in [-0.05, 0) is 55.0 Å². The molecule has 0 spiro atoms. The van der Waals surface area contributed by atoms with Crippen LogP contribution in [0.25, 0.3) is 0 Å². The van der Waals surface area contributed by atoms with E-state index < -0.39 is 11.7 Å². The summed E-state index contributed by atoms with van der Waals surface area (Å²) in [5.74, 6) is -1.68. The van der Waals surface area contributed by atoms with Crippen LogP contribution in [0, 0.1) is 12.7 Å². The van der Waals surface area contributed by atoms with E-state index in [1.807, 2.05) is 0 Å². The molecule has 27 heavy (non-hydrogen) atoms. The molecule has 5 nitrogen and oxygen atoms in total. The Morgan fingerprint density at radius 1 is 0.963 bits per heavy atom. The van der Waals surface area contributed by atoms with Crippen molar-refractivity contribution in [1.82, 2.24) is 4.98 Å². The Bertz CT molecular complexity index is 1010. The molecule has 2 aromatic carbocycles. The van der Waals surface area contributed by atoms with Gasteiger partial charge < -0.3 is 10.6 Å². The second kappa shape index (κ2) is 7.97. The van der Waals surface area contributed by atoms with E-state index in [1.165, 1.54) is 24.4 Å². The van der Waals surface area contributed by atoms with Gasteiger partial charge in [0.25, 0.3) is 11.8 Å². The van der Waals surface area contributed by atoms with Crippen LogP contribution < -0.4 is 10.6 Å². The molecule has 136 valence electrons. The van der Waals surface area contributed by atoms with Gasteiger partial charge in [0.15, 0.2) is 0 Å². The molecule has 0 aliphatic rings. The summed E-state index contributed by atoms with van der Waals surface area (Å²) in [5.41, 5.74) is 1.84. The van der Waals surface area contributed by atoms with E-state index >= 15 is 0 Å². The highest BCUT2D eigenvalue weighted by Crippen LogP contribution is 2.20. The molecule has 0 saturated carbocycles. The average molecular weight is 384 g/mol. The van der Waals surface area contributed by atoms with Crippen LogP contribution in [0.4, 0.5) is 15.8 Å². The molecule has 3 rings (SSSR count). The molecule has 2 amide bonds. The minimum atomic E-state index is -0.682. The number of halogens is 2. The number of nitrogens with zero attached hydrogens (tertiary/aromatic N) is 1. The fraction of sp³-hybridized carbons (Fsp3) is 0.0500. The van der Waals surface area contributed by atoms with Crippen LogP contribution in [0.15, 0.2) is 60.9 Å². The maximum atomic E-state index is 13.8. The first-order chi connectivity index (χ1) is 12.9. The molecule has 7 heteroatoms. The van der Waals surface area contributed by atoms with E-state index in [0.29, 0.717) is 16.9 Å². The van der Waals surface area contributed by atoms with Crippen molar-refractivity contribution in [3.05, 3.63) is 88.5 Å². The summed E-state index contributed by atoms with van der Waals surface area (Å²) in [6.07, 6.45) is 3.13. The van der Waals surface area contributed by atoms with Gasteiger partial charge in [-0.3, -0.25) is 14.6 Å². The Morgan fingerprint density at radius 2 is 1.70 bits per heavy atom. The summed E-state index contributed by atoms with van der Waals surface area (Å²) in [7, 11) is 0. The molecule has 0 radical (unpaired) electrons. The van der Waals surface area contributed by atoms with Crippen LogP contribution in [-0.4, -0.2) is 16.8 Å². The van der Waals surface area contributed by atoms with E-state index in [4.69, 9.17) is 11.6 Å². The molecular formula is C20H15ClFN3O2. The lowest BCUT2D eigenvalue weighted by Crippen LogP contribution is -2.16. The highest BCUT2D eigenvalue weighted by molar-refractivity contribution is 6.31. The fourth-order valence-electron chi connectivity index (χ4n) is 2.45. The monoisotopic (exact) mass is 383 g/mol. The molecular weight excluding hydrogens is 369 g/mol. The molecule has 0 fully saturated rings. The molecule has 3 aromatic rings. The van der Waals surface area contributed by atoms with Gasteiger partial charge in [0.2, 0.25) is 0 Å². The number of aryl methyl sites for hydroxylation is 1. The Kier molecular flexibility index (Phi) is 5.47. The minimum Gasteiger partial charge on any atom is -0.322 e. The van der Waals surface area contributed by atoms with Crippen molar-refractivity contribution in [2.75, 3.05) is 10.6 Å². The first kappa shape index (κ1) is 18.5. The molecule has 0 aliphatic heterocycles. The van der Waals surface area contributed by atoms with Crippen molar-refractivity contribution in [2.24, 2.45) is 0 Å². The minimum absolute atomic E-state index is 0.176. The van der Waals surface area contributed by atoms with Crippen LogP contribution in [0.2, 0.25) is 5.02 Å². The first-order valence-corrected chi connectivity index (χ1v) is 8.40. The van der Waals surface area contributed by atoms with E-state index in [-0.39, 0.29) is 16.5 Å². The van der Waals surface area contributed by atoms with Gasteiger partial charge in [0.1, 0.15) is 5.82 Å². The van der Waals surface area contributed by atoms with Gasteiger partial charge >= 0.3 is 0 Å². The zero-order chi connectivity index (χ0) is 19.4. The summed E-state index contributed by atoms with van der Waals surface area (Å²) in [6.45, 7) is 1.78. The molecule has 0 unspecified atom stereocenters. The van der Waals surface area contributed by atoms with Crippen LogP contribution in [0.5, 0.6) is 0 Å². The van der Waals surface area contributed by atoms with Gasteiger partial charge in [-0.1, -0.05) is 17.7 Å². The number of aromatic nitrogens is 1. The summed E-state index contributed by atoms with van der Waals surface area (Å²) in [4.78, 5) is 28.8. The van der Waals surface area contributed by atoms with Crippen LogP contribution in [-0.2, 0) is 0 Å². The maximum Gasteiger partial charge on any atom is 0.258 e. The molecule has 0 bridgehead atoms. The number of anilines is 2. The highest BCUT2D eigenvalue weighted by Gasteiger charge is 2.15. The molecule has 1 aromatic heterocycles. The highest BCUT2D eigenvalue weighted by atomic mass is 35.5. The van der Waals surface area contributed by atoms with Crippen molar-refractivity contribution in [3.8, 4) is 0 Å². The van der Waals surface area contributed by atoms with E-state index in [0.717, 1.165) is 11.6 Å². The standard InChI is InChI=1S/C20H15ClFN3O2/c1-12-4-6-14(24-20(27)17-9-13(21)5-7-18(17)22)10-16(12)19(26)25-15-3-2-8-23-11-15/h2-11H,1H3,(H,24,27)(H,25,26). The second-order valence-corrected chi connectivity index (χ2v) is 6.24. The number of carbonyl (C=O) groups excluding carboxylic acids is 2. The quantitative estimate of drug-likeness (QED) is 0.686. The van der Waals surface area contributed by atoms with E-state index in [1.54, 1.807) is 37.4 Å². The number of pyridine rings is 1. The third-order valence-electron chi connectivity index (χ3n) is 3.83. The Hall–Kier alpha value is -3.25. The molecule has 0 saturated heterocycles. The third kappa shape index (κ3) is 4.48. The van der Waals surface area contributed by atoms with Gasteiger partial charge in [0, 0.05) is 22.5 Å². The van der Waals surface area contributed by atoms with E-state index in [9.17, 15) is 14.0 Å². The fourth-order valence-corrected chi connectivity index (χ4v) is 2.62. The molecule has 0 aliphatic carbocycles.